The number of nitrogens with two attached hydrogens (primary N) is 2. The van der Waals surface area contributed by atoms with Crippen LogP contribution >= 0.6 is 0 Å². The Hall–Kier alpha value is -3.04. The summed E-state index contributed by atoms with van der Waals surface area (Å²) in [6.07, 6.45) is 1.03. The third-order valence-corrected chi connectivity index (χ3v) is 5.82. The molecule has 0 radical (unpaired) electrons. The molecule has 1 heterocycles. The van der Waals surface area contributed by atoms with Crippen molar-refractivity contribution in [3.05, 3.63) is 65.0 Å². The zero-order valence-corrected chi connectivity index (χ0v) is 17.6. The van der Waals surface area contributed by atoms with Crippen LogP contribution in [0.2, 0.25) is 0 Å². The molecule has 158 valence electrons. The normalized spacial score (nSPS) is 11.5. The maximum absolute atomic E-state index is 14.1. The fourth-order valence-electron chi connectivity index (χ4n) is 3.13. The Kier molecular flexibility index (Phi) is 6.33. The lowest BCUT2D eigenvalue weighted by Gasteiger charge is -2.11. The van der Waals surface area contributed by atoms with Crippen LogP contribution in [0.15, 0.2) is 47.4 Å². The number of hydrogen-bond acceptors (Lipinski definition) is 6. The molecule has 0 saturated carbocycles. The zero-order chi connectivity index (χ0) is 21.9. The van der Waals surface area contributed by atoms with E-state index in [1.54, 1.807) is 0 Å². The van der Waals surface area contributed by atoms with Crippen LogP contribution in [0.1, 0.15) is 23.1 Å². The molecule has 0 unspecified atom stereocenters. The predicted octanol–water partition coefficient (Wildman–Crippen LogP) is 3.17. The van der Waals surface area contributed by atoms with Gasteiger partial charge in [-0.1, -0.05) is 24.3 Å². The van der Waals surface area contributed by atoms with Crippen LogP contribution in [0.3, 0.4) is 0 Å². The van der Waals surface area contributed by atoms with Gasteiger partial charge in [-0.25, -0.2) is 22.9 Å². The lowest BCUT2D eigenvalue weighted by atomic mass is 10.0. The molecule has 0 aliphatic heterocycles. The molecule has 2 aromatic carbocycles. The third kappa shape index (κ3) is 5.11. The van der Waals surface area contributed by atoms with Gasteiger partial charge in [-0.2, -0.15) is 4.98 Å². The second kappa shape index (κ2) is 8.76. The van der Waals surface area contributed by atoms with Crippen molar-refractivity contribution in [1.82, 2.24) is 9.97 Å². The Morgan fingerprint density at radius 3 is 2.57 bits per heavy atom. The van der Waals surface area contributed by atoms with E-state index in [9.17, 15) is 12.8 Å². The van der Waals surface area contributed by atoms with Gasteiger partial charge in [0.15, 0.2) is 0 Å². The van der Waals surface area contributed by atoms with Crippen molar-refractivity contribution in [2.45, 2.75) is 31.6 Å². The molecule has 0 saturated heterocycles. The number of rotatable bonds is 7. The van der Waals surface area contributed by atoms with E-state index in [0.29, 0.717) is 30.8 Å². The van der Waals surface area contributed by atoms with Crippen LogP contribution < -0.4 is 16.2 Å². The molecule has 5 N–H and O–H groups in total. The topological polar surface area (TPSA) is 124 Å². The summed E-state index contributed by atoms with van der Waals surface area (Å²) in [6, 6.07) is 11.5. The molecule has 9 heteroatoms. The zero-order valence-electron chi connectivity index (χ0n) is 16.8. The van der Waals surface area contributed by atoms with Crippen LogP contribution in [0.5, 0.6) is 0 Å². The summed E-state index contributed by atoms with van der Waals surface area (Å²) in [5.74, 6) is 0.161. The van der Waals surface area contributed by atoms with Gasteiger partial charge in [-0.15, -0.1) is 0 Å². The second-order valence-electron chi connectivity index (χ2n) is 7.07. The van der Waals surface area contributed by atoms with E-state index in [0.717, 1.165) is 28.5 Å². The van der Waals surface area contributed by atoms with E-state index in [-0.39, 0.29) is 10.8 Å². The highest BCUT2D eigenvalue weighted by Gasteiger charge is 2.12. The number of halogens is 1. The van der Waals surface area contributed by atoms with Crippen LogP contribution in [0, 0.1) is 19.7 Å². The van der Waals surface area contributed by atoms with Crippen molar-refractivity contribution in [3.63, 3.8) is 0 Å². The maximum atomic E-state index is 14.1. The Morgan fingerprint density at radius 1 is 1.10 bits per heavy atom. The molecule has 3 rings (SSSR count). The molecular weight excluding hydrogens is 405 g/mol. The van der Waals surface area contributed by atoms with E-state index in [1.807, 2.05) is 38.1 Å². The Labute approximate surface area is 175 Å². The number of aromatic nitrogens is 2. The third-order valence-electron chi connectivity index (χ3n) is 4.91. The number of aryl methyl sites for hydroxylation is 2. The molecule has 0 spiro atoms. The molecule has 0 aliphatic carbocycles. The average molecular weight is 430 g/mol. The van der Waals surface area contributed by atoms with Crippen molar-refractivity contribution in [3.8, 4) is 11.3 Å². The fourth-order valence-corrected chi connectivity index (χ4v) is 3.65. The minimum atomic E-state index is -3.92. The molecular formula is C21H24FN5O2S. The first-order valence-corrected chi connectivity index (χ1v) is 11.0. The van der Waals surface area contributed by atoms with Gasteiger partial charge < -0.3 is 11.1 Å². The van der Waals surface area contributed by atoms with Crippen molar-refractivity contribution in [2.75, 3.05) is 17.6 Å². The maximum Gasteiger partial charge on any atom is 0.238 e. The number of nitrogen functional groups attached to an aromatic ring is 1. The molecule has 0 amide bonds. The summed E-state index contributed by atoms with van der Waals surface area (Å²) in [7, 11) is -3.92. The van der Waals surface area contributed by atoms with Gasteiger partial charge in [0.05, 0.1) is 10.6 Å². The van der Waals surface area contributed by atoms with Gasteiger partial charge >= 0.3 is 0 Å². The van der Waals surface area contributed by atoms with Gasteiger partial charge in [0, 0.05) is 18.2 Å². The lowest BCUT2D eigenvalue weighted by Crippen LogP contribution is -2.13. The Balaban J connectivity index is 1.66. The first kappa shape index (κ1) is 21.7. The predicted molar refractivity (Wildman–Crippen MR) is 116 cm³/mol. The summed E-state index contributed by atoms with van der Waals surface area (Å²) >= 11 is 0. The fraction of sp³-hybridized carbons (Fsp3) is 0.238. The van der Waals surface area contributed by atoms with Gasteiger partial charge in [0.25, 0.3) is 0 Å². The van der Waals surface area contributed by atoms with Crippen molar-refractivity contribution in [1.29, 1.82) is 0 Å². The number of nitrogens with one attached hydrogen (secondary N) is 1. The number of primary sulfonamides is 1. The average Bonchev–Trinajstić information content (AvgIpc) is 2.67. The van der Waals surface area contributed by atoms with E-state index >= 15 is 0 Å². The summed E-state index contributed by atoms with van der Waals surface area (Å²) < 4.78 is 36.7. The van der Waals surface area contributed by atoms with Crippen LogP contribution in [-0.4, -0.2) is 24.9 Å². The number of nitrogens with zero attached hydrogens (tertiary/aromatic N) is 2. The van der Waals surface area contributed by atoms with Gasteiger partial charge in [-0.05, 0) is 55.5 Å². The van der Waals surface area contributed by atoms with Crippen molar-refractivity contribution >= 4 is 21.8 Å². The van der Waals surface area contributed by atoms with Gasteiger partial charge in [0.2, 0.25) is 16.0 Å². The standard InChI is InChI=1S/C21H24FN5O2S/c1-13-5-3-7-17(14(13)2)19-12-20(27-21(23)26-19)25-10-4-6-15-8-9-16(11-18(15)22)30(24,28)29/h3,5,7-9,11-12H,4,6,10H2,1-2H3,(H2,24,28,29)(H3,23,25,26,27). The van der Waals surface area contributed by atoms with Crippen LogP contribution in [-0.2, 0) is 16.4 Å². The molecule has 0 aliphatic rings. The molecule has 0 fully saturated rings. The molecule has 1 aromatic heterocycles. The molecule has 7 nitrogen and oxygen atoms in total. The first-order chi connectivity index (χ1) is 14.1. The van der Waals surface area contributed by atoms with Crippen LogP contribution in [0.25, 0.3) is 11.3 Å². The minimum absolute atomic E-state index is 0.167. The first-order valence-electron chi connectivity index (χ1n) is 9.41. The van der Waals surface area contributed by atoms with Crippen LogP contribution in [0.4, 0.5) is 16.2 Å². The van der Waals surface area contributed by atoms with E-state index in [2.05, 4.69) is 15.3 Å². The van der Waals surface area contributed by atoms with Gasteiger partial charge in [0.1, 0.15) is 11.6 Å². The van der Waals surface area contributed by atoms with Gasteiger partial charge in [-0.3, -0.25) is 0 Å². The smallest absolute Gasteiger partial charge is 0.238 e. The number of anilines is 2. The molecule has 0 bridgehead atoms. The molecule has 0 atom stereocenters. The van der Waals surface area contributed by atoms with Crippen molar-refractivity contribution in [2.24, 2.45) is 5.14 Å². The summed E-state index contributed by atoms with van der Waals surface area (Å²) in [4.78, 5) is 8.31. The quantitative estimate of drug-likeness (QED) is 0.496. The number of hydrogen-bond donors (Lipinski definition) is 3. The number of sulfonamides is 1. The Morgan fingerprint density at radius 2 is 1.87 bits per heavy atom. The highest BCUT2D eigenvalue weighted by molar-refractivity contribution is 7.89. The second-order valence-corrected chi connectivity index (χ2v) is 8.63. The monoisotopic (exact) mass is 429 g/mol. The Bertz CT molecular complexity index is 1180. The van der Waals surface area contributed by atoms with E-state index < -0.39 is 15.8 Å². The highest BCUT2D eigenvalue weighted by atomic mass is 32.2. The summed E-state index contributed by atoms with van der Waals surface area (Å²) in [6.45, 7) is 4.60. The largest absolute Gasteiger partial charge is 0.370 e. The molecule has 30 heavy (non-hydrogen) atoms. The van der Waals surface area contributed by atoms with E-state index in [1.165, 1.54) is 12.1 Å². The summed E-state index contributed by atoms with van der Waals surface area (Å²) in [5, 5.41) is 8.20. The van der Waals surface area contributed by atoms with E-state index in [4.69, 9.17) is 10.9 Å². The molecule has 3 aromatic rings. The highest BCUT2D eigenvalue weighted by Crippen LogP contribution is 2.26. The number of benzene rings is 2. The lowest BCUT2D eigenvalue weighted by molar-refractivity contribution is 0.586. The minimum Gasteiger partial charge on any atom is -0.370 e. The SMILES string of the molecule is Cc1cccc(-c2cc(NCCCc3ccc(S(N)(=O)=O)cc3F)nc(N)n2)c1C. The summed E-state index contributed by atoms with van der Waals surface area (Å²) in [5.41, 5.74) is 10.3. The van der Waals surface area contributed by atoms with Crippen molar-refractivity contribution < 1.29 is 12.8 Å².